The predicted molar refractivity (Wildman–Crippen MR) is 104 cm³/mol. The number of carbonyl (C=O) groups is 1. The van der Waals surface area contributed by atoms with Gasteiger partial charge in [0.25, 0.3) is 5.69 Å². The van der Waals surface area contributed by atoms with Crippen LogP contribution in [0.15, 0.2) is 29.2 Å². The Morgan fingerprint density at radius 1 is 1.12 bits per heavy atom. The summed E-state index contributed by atoms with van der Waals surface area (Å²) in [6.07, 6.45) is 9.00. The molecular formula is C20H28N2O3S. The smallest absolute Gasteiger partial charge is 0.269 e. The van der Waals surface area contributed by atoms with Crippen LogP contribution in [0.1, 0.15) is 51.4 Å². The van der Waals surface area contributed by atoms with Gasteiger partial charge in [0.05, 0.1) is 4.92 Å². The van der Waals surface area contributed by atoms with Crippen molar-refractivity contribution >= 4 is 23.4 Å². The number of thioether (sulfide) groups is 1. The van der Waals surface area contributed by atoms with Gasteiger partial charge in [0.1, 0.15) is 0 Å². The van der Waals surface area contributed by atoms with Crippen molar-refractivity contribution in [1.29, 1.82) is 0 Å². The third-order valence-electron chi connectivity index (χ3n) is 5.98. The highest BCUT2D eigenvalue weighted by Gasteiger charge is 2.29. The molecule has 0 N–H and O–H groups in total. The number of amides is 1. The molecule has 6 heteroatoms. The SMILES string of the molecule is CN(C(=O)CC1CCC(CSc2ccc([N+](=O)[O-])cc2)CC1)C1CCC1. The summed E-state index contributed by atoms with van der Waals surface area (Å²) in [4.78, 5) is 25.8. The lowest BCUT2D eigenvalue weighted by Gasteiger charge is -2.36. The number of hydrogen-bond donors (Lipinski definition) is 0. The highest BCUT2D eigenvalue weighted by molar-refractivity contribution is 7.99. The van der Waals surface area contributed by atoms with Gasteiger partial charge in [-0.3, -0.25) is 14.9 Å². The fraction of sp³-hybridized carbons (Fsp3) is 0.650. The molecule has 0 aromatic heterocycles. The third kappa shape index (κ3) is 5.00. The Bertz CT molecular complexity index is 622. The van der Waals surface area contributed by atoms with Crippen LogP contribution in [0.3, 0.4) is 0 Å². The number of nitrogens with zero attached hydrogens (tertiary/aromatic N) is 2. The van der Waals surface area contributed by atoms with E-state index >= 15 is 0 Å². The molecule has 1 amide bonds. The zero-order chi connectivity index (χ0) is 18.5. The van der Waals surface area contributed by atoms with E-state index in [-0.39, 0.29) is 10.6 Å². The lowest BCUT2D eigenvalue weighted by molar-refractivity contribution is -0.384. The predicted octanol–water partition coefficient (Wildman–Crippen LogP) is 4.89. The first-order chi connectivity index (χ1) is 12.5. The standard InChI is InChI=1S/C20H28N2O3S/c1-21(17-3-2-4-17)20(23)13-15-5-7-16(8-6-15)14-26-19-11-9-18(10-12-19)22(24)25/h9-12,15-17H,2-8,13-14H2,1H3. The summed E-state index contributed by atoms with van der Waals surface area (Å²) in [5, 5.41) is 10.7. The van der Waals surface area contributed by atoms with E-state index in [0.29, 0.717) is 23.8 Å². The van der Waals surface area contributed by atoms with E-state index in [9.17, 15) is 14.9 Å². The molecule has 2 fully saturated rings. The summed E-state index contributed by atoms with van der Waals surface area (Å²) in [6, 6.07) is 7.32. The number of hydrogen-bond acceptors (Lipinski definition) is 4. The Hall–Kier alpha value is -1.56. The summed E-state index contributed by atoms with van der Waals surface area (Å²) in [6.45, 7) is 0. The van der Waals surface area contributed by atoms with Crippen molar-refractivity contribution in [3.8, 4) is 0 Å². The normalized spacial score (nSPS) is 23.3. The van der Waals surface area contributed by atoms with Crippen LogP contribution < -0.4 is 0 Å². The number of non-ortho nitro benzene ring substituents is 1. The lowest BCUT2D eigenvalue weighted by atomic mass is 9.81. The van der Waals surface area contributed by atoms with Crippen molar-refractivity contribution in [3.63, 3.8) is 0 Å². The number of benzene rings is 1. The summed E-state index contributed by atoms with van der Waals surface area (Å²) in [5.41, 5.74) is 0.145. The van der Waals surface area contributed by atoms with Crippen molar-refractivity contribution in [1.82, 2.24) is 4.90 Å². The van der Waals surface area contributed by atoms with Crippen molar-refractivity contribution < 1.29 is 9.72 Å². The van der Waals surface area contributed by atoms with E-state index < -0.39 is 0 Å². The minimum Gasteiger partial charge on any atom is -0.343 e. The third-order valence-corrected chi connectivity index (χ3v) is 7.22. The largest absolute Gasteiger partial charge is 0.343 e. The maximum absolute atomic E-state index is 12.4. The second-order valence-corrected chi connectivity index (χ2v) is 8.84. The molecule has 0 saturated heterocycles. The Balaban J connectivity index is 1.37. The van der Waals surface area contributed by atoms with E-state index in [1.165, 1.54) is 32.1 Å². The van der Waals surface area contributed by atoms with E-state index in [0.717, 1.165) is 29.9 Å². The zero-order valence-corrected chi connectivity index (χ0v) is 16.2. The second-order valence-electron chi connectivity index (χ2n) is 7.74. The van der Waals surface area contributed by atoms with Gasteiger partial charge >= 0.3 is 0 Å². The summed E-state index contributed by atoms with van der Waals surface area (Å²) in [7, 11) is 1.97. The molecule has 3 rings (SSSR count). The summed E-state index contributed by atoms with van der Waals surface area (Å²) < 4.78 is 0. The average molecular weight is 377 g/mol. The van der Waals surface area contributed by atoms with Crippen LogP contribution in [-0.4, -0.2) is 34.6 Å². The molecule has 5 nitrogen and oxygen atoms in total. The Kier molecular flexibility index (Phi) is 6.57. The van der Waals surface area contributed by atoms with E-state index in [1.807, 2.05) is 24.1 Å². The number of carbonyl (C=O) groups excluding carboxylic acids is 1. The molecule has 2 aliphatic rings. The Morgan fingerprint density at radius 2 is 1.73 bits per heavy atom. The molecule has 142 valence electrons. The molecule has 1 aromatic carbocycles. The monoisotopic (exact) mass is 376 g/mol. The molecule has 0 radical (unpaired) electrons. The Morgan fingerprint density at radius 3 is 2.27 bits per heavy atom. The van der Waals surface area contributed by atoms with Crippen molar-refractivity contribution in [2.24, 2.45) is 11.8 Å². The van der Waals surface area contributed by atoms with Gasteiger partial charge < -0.3 is 4.90 Å². The van der Waals surface area contributed by atoms with Crippen LogP contribution >= 0.6 is 11.8 Å². The molecule has 0 heterocycles. The van der Waals surface area contributed by atoms with Crippen LogP contribution in [0.2, 0.25) is 0 Å². The first kappa shape index (κ1) is 19.2. The van der Waals surface area contributed by atoms with Crippen molar-refractivity contribution in [2.45, 2.75) is 62.3 Å². The quantitative estimate of drug-likeness (QED) is 0.386. The van der Waals surface area contributed by atoms with Crippen molar-refractivity contribution in [2.75, 3.05) is 12.8 Å². The van der Waals surface area contributed by atoms with Gasteiger partial charge in [-0.2, -0.15) is 0 Å². The molecule has 0 aliphatic heterocycles. The molecule has 2 aliphatic carbocycles. The molecule has 1 aromatic rings. The van der Waals surface area contributed by atoms with E-state index in [2.05, 4.69) is 0 Å². The van der Waals surface area contributed by atoms with Gasteiger partial charge in [-0.25, -0.2) is 0 Å². The number of nitro benzene ring substituents is 1. The van der Waals surface area contributed by atoms with Gasteiger partial charge in [-0.15, -0.1) is 11.8 Å². The maximum atomic E-state index is 12.4. The lowest BCUT2D eigenvalue weighted by Crippen LogP contribution is -2.42. The number of nitro groups is 1. The molecule has 0 atom stereocenters. The van der Waals surface area contributed by atoms with Crippen molar-refractivity contribution in [3.05, 3.63) is 34.4 Å². The molecule has 26 heavy (non-hydrogen) atoms. The van der Waals surface area contributed by atoms with Crippen LogP contribution in [0.4, 0.5) is 5.69 Å². The second kappa shape index (κ2) is 8.89. The topological polar surface area (TPSA) is 63.5 Å². The van der Waals surface area contributed by atoms with Crippen LogP contribution in [0.25, 0.3) is 0 Å². The maximum Gasteiger partial charge on any atom is 0.269 e. The van der Waals surface area contributed by atoms with Gasteiger partial charge in [0.15, 0.2) is 0 Å². The fourth-order valence-electron chi connectivity index (χ4n) is 3.85. The first-order valence-electron chi connectivity index (χ1n) is 9.66. The molecule has 0 unspecified atom stereocenters. The van der Waals surface area contributed by atoms with Gasteiger partial charge in [0, 0.05) is 42.3 Å². The van der Waals surface area contributed by atoms with Crippen LogP contribution in [0, 0.1) is 22.0 Å². The Labute approximate surface area is 159 Å². The van der Waals surface area contributed by atoms with Crippen LogP contribution in [-0.2, 0) is 4.79 Å². The number of rotatable bonds is 7. The average Bonchev–Trinajstić information content (AvgIpc) is 2.60. The first-order valence-corrected chi connectivity index (χ1v) is 10.6. The van der Waals surface area contributed by atoms with Gasteiger partial charge in [-0.1, -0.05) is 0 Å². The summed E-state index contributed by atoms with van der Waals surface area (Å²) in [5.74, 6) is 2.62. The van der Waals surface area contributed by atoms with E-state index in [1.54, 1.807) is 23.9 Å². The molecule has 0 bridgehead atoms. The molecular weight excluding hydrogens is 348 g/mol. The molecule has 2 saturated carbocycles. The van der Waals surface area contributed by atoms with Crippen LogP contribution in [0.5, 0.6) is 0 Å². The molecule has 0 spiro atoms. The summed E-state index contributed by atoms with van der Waals surface area (Å²) >= 11 is 1.78. The van der Waals surface area contributed by atoms with Gasteiger partial charge in [-0.05, 0) is 68.9 Å². The van der Waals surface area contributed by atoms with E-state index in [4.69, 9.17) is 0 Å². The highest BCUT2D eigenvalue weighted by atomic mass is 32.2. The van der Waals surface area contributed by atoms with Gasteiger partial charge in [0.2, 0.25) is 5.91 Å². The minimum absolute atomic E-state index is 0.145. The highest BCUT2D eigenvalue weighted by Crippen LogP contribution is 2.35. The zero-order valence-electron chi connectivity index (χ0n) is 15.4. The fourth-order valence-corrected chi connectivity index (χ4v) is 4.94. The minimum atomic E-state index is -0.362.